The zero-order valence-electron chi connectivity index (χ0n) is 16.6. The third-order valence-electron chi connectivity index (χ3n) is 4.80. The molecule has 0 saturated carbocycles. The molecular formula is C24H24N2O3S. The number of nitrogens with zero attached hydrogens (tertiary/aromatic N) is 1. The Hall–Kier alpha value is -2.99. The second-order valence-electron chi connectivity index (χ2n) is 7.09. The van der Waals surface area contributed by atoms with Crippen molar-refractivity contribution in [2.24, 2.45) is 0 Å². The molecule has 1 unspecified atom stereocenters. The summed E-state index contributed by atoms with van der Waals surface area (Å²) in [4.78, 5) is 16.7. The zero-order valence-corrected chi connectivity index (χ0v) is 17.4. The van der Waals surface area contributed by atoms with E-state index < -0.39 is 0 Å². The minimum Gasteiger partial charge on any atom is -0.489 e. The second kappa shape index (κ2) is 10.2. The van der Waals surface area contributed by atoms with Crippen molar-refractivity contribution in [3.63, 3.8) is 0 Å². The Labute approximate surface area is 180 Å². The SMILES string of the molecule is O=C(NCc1ccc(OCc2ccccc2)cc1)c1ccnc(OC2CCSC2)c1. The highest BCUT2D eigenvalue weighted by atomic mass is 32.2. The van der Waals surface area contributed by atoms with Gasteiger partial charge in [-0.15, -0.1) is 0 Å². The Morgan fingerprint density at radius 2 is 1.90 bits per heavy atom. The van der Waals surface area contributed by atoms with Gasteiger partial charge in [0.15, 0.2) is 0 Å². The van der Waals surface area contributed by atoms with E-state index >= 15 is 0 Å². The third kappa shape index (κ3) is 5.76. The summed E-state index contributed by atoms with van der Waals surface area (Å²) in [5.41, 5.74) is 2.68. The van der Waals surface area contributed by atoms with Gasteiger partial charge in [-0.1, -0.05) is 42.5 Å². The monoisotopic (exact) mass is 420 g/mol. The highest BCUT2D eigenvalue weighted by Gasteiger charge is 2.18. The molecular weight excluding hydrogens is 396 g/mol. The molecule has 0 spiro atoms. The number of hydrogen-bond donors (Lipinski definition) is 1. The summed E-state index contributed by atoms with van der Waals surface area (Å²) in [7, 11) is 0. The van der Waals surface area contributed by atoms with Crippen molar-refractivity contribution in [2.75, 3.05) is 11.5 Å². The molecule has 154 valence electrons. The average molecular weight is 421 g/mol. The maximum Gasteiger partial charge on any atom is 0.251 e. The number of thioether (sulfide) groups is 1. The minimum absolute atomic E-state index is 0.146. The maximum atomic E-state index is 12.5. The first kappa shape index (κ1) is 20.3. The summed E-state index contributed by atoms with van der Waals surface area (Å²) in [5.74, 6) is 3.25. The molecule has 30 heavy (non-hydrogen) atoms. The van der Waals surface area contributed by atoms with E-state index in [4.69, 9.17) is 9.47 Å². The van der Waals surface area contributed by atoms with Crippen molar-refractivity contribution in [2.45, 2.75) is 25.7 Å². The number of carbonyl (C=O) groups is 1. The quantitative estimate of drug-likeness (QED) is 0.582. The van der Waals surface area contributed by atoms with Crippen molar-refractivity contribution in [1.82, 2.24) is 10.3 Å². The Kier molecular flexibility index (Phi) is 6.87. The molecule has 1 aromatic heterocycles. The van der Waals surface area contributed by atoms with Gasteiger partial charge in [0.2, 0.25) is 5.88 Å². The summed E-state index contributed by atoms with van der Waals surface area (Å²) in [6.07, 6.45) is 2.82. The van der Waals surface area contributed by atoms with Gasteiger partial charge in [-0.05, 0) is 41.5 Å². The van der Waals surface area contributed by atoms with Gasteiger partial charge >= 0.3 is 0 Å². The van der Waals surface area contributed by atoms with Gasteiger partial charge in [-0.2, -0.15) is 11.8 Å². The molecule has 6 heteroatoms. The van der Waals surface area contributed by atoms with Crippen LogP contribution in [0.4, 0.5) is 0 Å². The Balaban J connectivity index is 1.27. The topological polar surface area (TPSA) is 60.5 Å². The molecule has 1 fully saturated rings. The summed E-state index contributed by atoms with van der Waals surface area (Å²) in [6, 6.07) is 21.2. The van der Waals surface area contributed by atoms with Crippen LogP contribution in [0.25, 0.3) is 0 Å². The predicted molar refractivity (Wildman–Crippen MR) is 119 cm³/mol. The van der Waals surface area contributed by atoms with E-state index in [0.717, 1.165) is 34.8 Å². The third-order valence-corrected chi connectivity index (χ3v) is 5.93. The number of carbonyl (C=O) groups excluding carboxylic acids is 1. The molecule has 1 saturated heterocycles. The fourth-order valence-electron chi connectivity index (χ4n) is 3.12. The number of ether oxygens (including phenoxy) is 2. The molecule has 3 aromatic rings. The van der Waals surface area contributed by atoms with Crippen LogP contribution in [0.15, 0.2) is 72.9 Å². The van der Waals surface area contributed by atoms with E-state index in [1.54, 1.807) is 18.3 Å². The van der Waals surface area contributed by atoms with Crippen molar-refractivity contribution < 1.29 is 14.3 Å². The highest BCUT2D eigenvalue weighted by Crippen LogP contribution is 2.22. The fourth-order valence-corrected chi connectivity index (χ4v) is 4.21. The van der Waals surface area contributed by atoms with Gasteiger partial charge < -0.3 is 14.8 Å². The van der Waals surface area contributed by atoms with Gasteiger partial charge in [0.05, 0.1) is 0 Å². The second-order valence-corrected chi connectivity index (χ2v) is 8.24. The summed E-state index contributed by atoms with van der Waals surface area (Å²) in [5, 5.41) is 2.95. The molecule has 1 amide bonds. The van der Waals surface area contributed by atoms with Crippen molar-refractivity contribution in [1.29, 1.82) is 0 Å². The van der Waals surface area contributed by atoms with Crippen LogP contribution in [0, 0.1) is 0 Å². The van der Waals surface area contributed by atoms with E-state index in [0.29, 0.717) is 24.6 Å². The van der Waals surface area contributed by atoms with Crippen molar-refractivity contribution >= 4 is 17.7 Å². The number of nitrogens with one attached hydrogen (secondary N) is 1. The average Bonchev–Trinajstić information content (AvgIpc) is 3.31. The first-order chi connectivity index (χ1) is 14.8. The predicted octanol–water partition coefficient (Wildman–Crippen LogP) is 4.47. The number of amides is 1. The lowest BCUT2D eigenvalue weighted by Crippen LogP contribution is -2.23. The standard InChI is InChI=1S/C24H24N2O3S/c27-24(20-10-12-25-23(14-20)29-22-11-13-30-17-22)26-15-18-6-8-21(9-7-18)28-16-19-4-2-1-3-5-19/h1-10,12,14,22H,11,13,15-17H2,(H,26,27). The molecule has 1 aliphatic heterocycles. The zero-order chi connectivity index (χ0) is 20.6. The van der Waals surface area contributed by atoms with Crippen LogP contribution in [0.1, 0.15) is 27.9 Å². The number of hydrogen-bond acceptors (Lipinski definition) is 5. The minimum atomic E-state index is -0.146. The van der Waals surface area contributed by atoms with Crippen LogP contribution in [0.5, 0.6) is 11.6 Å². The lowest BCUT2D eigenvalue weighted by Gasteiger charge is -2.12. The van der Waals surface area contributed by atoms with Crippen LogP contribution < -0.4 is 14.8 Å². The van der Waals surface area contributed by atoms with Gasteiger partial charge in [-0.25, -0.2) is 4.98 Å². The van der Waals surface area contributed by atoms with Crippen LogP contribution in [0.2, 0.25) is 0 Å². The molecule has 0 radical (unpaired) electrons. The van der Waals surface area contributed by atoms with E-state index in [1.807, 2.05) is 66.4 Å². The van der Waals surface area contributed by atoms with Gasteiger partial charge in [0.1, 0.15) is 18.5 Å². The molecule has 2 heterocycles. The Morgan fingerprint density at radius 3 is 2.67 bits per heavy atom. The van der Waals surface area contributed by atoms with E-state index in [9.17, 15) is 4.79 Å². The Morgan fingerprint density at radius 1 is 1.07 bits per heavy atom. The van der Waals surface area contributed by atoms with Gasteiger partial charge in [0, 0.05) is 30.1 Å². The smallest absolute Gasteiger partial charge is 0.251 e. The molecule has 0 bridgehead atoms. The molecule has 1 atom stereocenters. The van der Waals surface area contributed by atoms with Gasteiger partial charge in [0.25, 0.3) is 5.91 Å². The van der Waals surface area contributed by atoms with E-state index in [-0.39, 0.29) is 12.0 Å². The number of benzene rings is 2. The molecule has 5 nitrogen and oxygen atoms in total. The maximum absolute atomic E-state index is 12.5. The van der Waals surface area contributed by atoms with Crippen molar-refractivity contribution in [3.05, 3.63) is 89.6 Å². The van der Waals surface area contributed by atoms with E-state index in [1.165, 1.54) is 0 Å². The van der Waals surface area contributed by atoms with Crippen LogP contribution in [-0.2, 0) is 13.2 Å². The molecule has 0 aliphatic carbocycles. The Bertz CT molecular complexity index is 958. The fraction of sp³-hybridized carbons (Fsp3) is 0.250. The van der Waals surface area contributed by atoms with Crippen molar-refractivity contribution in [3.8, 4) is 11.6 Å². The molecule has 1 aliphatic rings. The molecule has 2 aromatic carbocycles. The largest absolute Gasteiger partial charge is 0.489 e. The first-order valence-electron chi connectivity index (χ1n) is 10.0. The van der Waals surface area contributed by atoms with Gasteiger partial charge in [-0.3, -0.25) is 4.79 Å². The first-order valence-corrected chi connectivity index (χ1v) is 11.2. The summed E-state index contributed by atoms with van der Waals surface area (Å²) >= 11 is 1.88. The number of pyridine rings is 1. The van der Waals surface area contributed by atoms with Crippen LogP contribution in [-0.4, -0.2) is 28.5 Å². The summed E-state index contributed by atoms with van der Waals surface area (Å²) < 4.78 is 11.7. The lowest BCUT2D eigenvalue weighted by atomic mass is 10.2. The normalized spacial score (nSPS) is 15.5. The van der Waals surface area contributed by atoms with E-state index in [2.05, 4.69) is 10.3 Å². The van der Waals surface area contributed by atoms with Crippen LogP contribution in [0.3, 0.4) is 0 Å². The highest BCUT2D eigenvalue weighted by molar-refractivity contribution is 7.99. The van der Waals surface area contributed by atoms with Crippen LogP contribution >= 0.6 is 11.8 Å². The summed E-state index contributed by atoms with van der Waals surface area (Å²) in [6.45, 7) is 0.971. The lowest BCUT2D eigenvalue weighted by molar-refractivity contribution is 0.0950. The molecule has 4 rings (SSSR count). The molecule has 1 N–H and O–H groups in total. The number of aromatic nitrogens is 1. The number of rotatable bonds is 8.